The second-order valence-corrected chi connectivity index (χ2v) is 3.32. The number of hydrogen-bond acceptors (Lipinski definition) is 4. The van der Waals surface area contributed by atoms with Crippen LogP contribution in [0.3, 0.4) is 0 Å². The van der Waals surface area contributed by atoms with Crippen molar-refractivity contribution in [3.63, 3.8) is 0 Å². The van der Waals surface area contributed by atoms with Crippen LogP contribution >= 0.6 is 0 Å². The average molecular weight is 232 g/mol. The van der Waals surface area contributed by atoms with Crippen molar-refractivity contribution in [1.29, 1.82) is 0 Å². The van der Waals surface area contributed by atoms with Crippen molar-refractivity contribution < 1.29 is 10.0 Å². The zero-order valence-electron chi connectivity index (χ0n) is 9.04. The lowest BCUT2D eigenvalue weighted by Crippen LogP contribution is -1.91. The van der Waals surface area contributed by atoms with Crippen molar-refractivity contribution in [1.82, 2.24) is 6.15 Å². The summed E-state index contributed by atoms with van der Waals surface area (Å²) in [7, 11) is 0. The van der Waals surface area contributed by atoms with Gasteiger partial charge in [0.1, 0.15) is 5.75 Å². The number of rotatable bonds is 2. The normalized spacial score (nSPS) is 9.41. The molecule has 0 saturated heterocycles. The number of nitro groups is 1. The van der Waals surface area contributed by atoms with Gasteiger partial charge >= 0.3 is 0 Å². The Bertz CT molecular complexity index is 524. The van der Waals surface area contributed by atoms with Crippen molar-refractivity contribution in [2.24, 2.45) is 0 Å². The molecule has 17 heavy (non-hydrogen) atoms. The minimum atomic E-state index is -0.414. The summed E-state index contributed by atoms with van der Waals surface area (Å²) in [5.41, 5.74) is 1.32. The molecule has 0 radical (unpaired) electrons. The Morgan fingerprint density at radius 3 is 2.18 bits per heavy atom. The van der Waals surface area contributed by atoms with Crippen LogP contribution in [0.5, 0.6) is 5.75 Å². The molecule has 0 saturated carbocycles. The van der Waals surface area contributed by atoms with Gasteiger partial charge < -0.3 is 11.3 Å². The van der Waals surface area contributed by atoms with Crippen molar-refractivity contribution in [3.05, 3.63) is 58.6 Å². The van der Waals surface area contributed by atoms with Crippen molar-refractivity contribution >= 4 is 5.69 Å². The van der Waals surface area contributed by atoms with Gasteiger partial charge in [0.15, 0.2) is 0 Å². The van der Waals surface area contributed by atoms with E-state index < -0.39 is 4.92 Å². The number of benzene rings is 2. The maximum atomic E-state index is 10.8. The van der Waals surface area contributed by atoms with E-state index >= 15 is 0 Å². The monoisotopic (exact) mass is 232 g/mol. The van der Waals surface area contributed by atoms with Gasteiger partial charge in [-0.15, -0.1) is 0 Å². The lowest BCUT2D eigenvalue weighted by molar-refractivity contribution is -0.384. The first-order chi connectivity index (χ1) is 7.68. The molecule has 2 aromatic carbocycles. The molecule has 2 aromatic rings. The Balaban J connectivity index is 0.00000144. The number of para-hydroxylation sites is 1. The third-order valence-electron chi connectivity index (χ3n) is 2.28. The van der Waals surface area contributed by atoms with E-state index in [9.17, 15) is 10.1 Å². The molecular formula is C12H12N2O3. The minimum absolute atomic E-state index is 0. The molecule has 0 fully saturated rings. The molecule has 0 atom stereocenters. The molecular weight excluding hydrogens is 220 g/mol. The fourth-order valence-corrected chi connectivity index (χ4v) is 1.52. The maximum absolute atomic E-state index is 10.8. The predicted octanol–water partition coefficient (Wildman–Crippen LogP) is 3.13. The predicted molar refractivity (Wildman–Crippen MR) is 65.2 cm³/mol. The van der Waals surface area contributed by atoms with E-state index in [4.69, 9.17) is 5.11 Å². The van der Waals surface area contributed by atoms with Crippen LogP contribution in [-0.4, -0.2) is 10.0 Å². The third kappa shape index (κ3) is 2.59. The molecule has 0 aliphatic heterocycles. The first-order valence-corrected chi connectivity index (χ1v) is 4.71. The standard InChI is InChI=1S/C12H9NO3.H3N/c14-10-7-5-9(6-8-10)11-3-1-2-4-12(11)13(15)16;/h1-8,14H;1H3. The van der Waals surface area contributed by atoms with Crippen LogP contribution in [-0.2, 0) is 0 Å². The Hall–Kier alpha value is -2.40. The Kier molecular flexibility index (Phi) is 3.79. The van der Waals surface area contributed by atoms with Crippen molar-refractivity contribution in [3.8, 4) is 16.9 Å². The molecule has 0 amide bonds. The van der Waals surface area contributed by atoms with E-state index in [1.807, 2.05) is 0 Å². The molecule has 0 unspecified atom stereocenters. The molecule has 0 bridgehead atoms. The van der Waals surface area contributed by atoms with Gasteiger partial charge in [-0.1, -0.05) is 24.3 Å². The van der Waals surface area contributed by atoms with Gasteiger partial charge in [0.25, 0.3) is 5.69 Å². The van der Waals surface area contributed by atoms with Crippen molar-refractivity contribution in [2.75, 3.05) is 0 Å². The lowest BCUT2D eigenvalue weighted by atomic mass is 10.0. The molecule has 0 spiro atoms. The largest absolute Gasteiger partial charge is 0.508 e. The van der Waals surface area contributed by atoms with Crippen LogP contribution in [0.4, 0.5) is 5.69 Å². The van der Waals surface area contributed by atoms with Gasteiger partial charge in [-0.05, 0) is 23.8 Å². The van der Waals surface area contributed by atoms with Crippen LogP contribution in [0.25, 0.3) is 11.1 Å². The fourth-order valence-electron chi connectivity index (χ4n) is 1.52. The summed E-state index contributed by atoms with van der Waals surface area (Å²) in [6.45, 7) is 0. The number of nitrogens with zero attached hydrogens (tertiary/aromatic N) is 1. The van der Waals surface area contributed by atoms with E-state index in [0.717, 1.165) is 0 Å². The number of aromatic hydroxyl groups is 1. The summed E-state index contributed by atoms with van der Waals surface area (Å²) in [5, 5.41) is 20.0. The second-order valence-electron chi connectivity index (χ2n) is 3.32. The third-order valence-corrected chi connectivity index (χ3v) is 2.28. The molecule has 4 N–H and O–H groups in total. The molecule has 5 heteroatoms. The highest BCUT2D eigenvalue weighted by Crippen LogP contribution is 2.30. The fraction of sp³-hybridized carbons (Fsp3) is 0. The maximum Gasteiger partial charge on any atom is 0.277 e. The lowest BCUT2D eigenvalue weighted by Gasteiger charge is -2.02. The van der Waals surface area contributed by atoms with Gasteiger partial charge in [0.2, 0.25) is 0 Å². The number of nitro benzene ring substituents is 1. The van der Waals surface area contributed by atoms with E-state index in [1.54, 1.807) is 30.3 Å². The number of hydrogen-bond donors (Lipinski definition) is 2. The minimum Gasteiger partial charge on any atom is -0.508 e. The van der Waals surface area contributed by atoms with Gasteiger partial charge in [-0.25, -0.2) is 0 Å². The summed E-state index contributed by atoms with van der Waals surface area (Å²) in [4.78, 5) is 10.4. The molecule has 0 heterocycles. The summed E-state index contributed by atoms with van der Waals surface area (Å²) in [6.07, 6.45) is 0. The SMILES string of the molecule is N.O=[N+]([O-])c1ccccc1-c1ccc(O)cc1. The Morgan fingerprint density at radius 1 is 1.00 bits per heavy atom. The summed E-state index contributed by atoms with van der Waals surface area (Å²) < 4.78 is 0. The van der Waals surface area contributed by atoms with Crippen LogP contribution in [0.15, 0.2) is 48.5 Å². The summed E-state index contributed by atoms with van der Waals surface area (Å²) in [5.74, 6) is 0.141. The molecule has 5 nitrogen and oxygen atoms in total. The Morgan fingerprint density at radius 2 is 1.59 bits per heavy atom. The quantitative estimate of drug-likeness (QED) is 0.613. The molecule has 0 aliphatic carbocycles. The Labute approximate surface area is 98.1 Å². The second kappa shape index (κ2) is 5.09. The van der Waals surface area contributed by atoms with Gasteiger partial charge in [0, 0.05) is 6.07 Å². The van der Waals surface area contributed by atoms with Crippen LogP contribution < -0.4 is 6.15 Å². The highest BCUT2D eigenvalue weighted by molar-refractivity contribution is 5.73. The number of phenols is 1. The molecule has 88 valence electrons. The first-order valence-electron chi connectivity index (χ1n) is 4.71. The topological polar surface area (TPSA) is 98.4 Å². The zero-order chi connectivity index (χ0) is 11.5. The van der Waals surface area contributed by atoms with Gasteiger partial charge in [-0.2, -0.15) is 0 Å². The van der Waals surface area contributed by atoms with E-state index in [0.29, 0.717) is 11.1 Å². The summed E-state index contributed by atoms with van der Waals surface area (Å²) >= 11 is 0. The van der Waals surface area contributed by atoms with Gasteiger partial charge in [-0.3, -0.25) is 10.1 Å². The zero-order valence-corrected chi connectivity index (χ0v) is 9.04. The molecule has 0 aromatic heterocycles. The summed E-state index contributed by atoms with van der Waals surface area (Å²) in [6, 6.07) is 12.8. The number of phenolic OH excluding ortho intramolecular Hbond substituents is 1. The van der Waals surface area contributed by atoms with Gasteiger partial charge in [0.05, 0.1) is 10.5 Å². The van der Waals surface area contributed by atoms with Crippen LogP contribution in [0.2, 0.25) is 0 Å². The average Bonchev–Trinajstić information content (AvgIpc) is 2.30. The van der Waals surface area contributed by atoms with E-state index in [2.05, 4.69) is 0 Å². The smallest absolute Gasteiger partial charge is 0.277 e. The first kappa shape index (κ1) is 12.7. The highest BCUT2D eigenvalue weighted by Gasteiger charge is 2.13. The molecule has 2 rings (SSSR count). The molecule has 0 aliphatic rings. The van der Waals surface area contributed by atoms with Crippen LogP contribution in [0, 0.1) is 10.1 Å². The van der Waals surface area contributed by atoms with Crippen molar-refractivity contribution in [2.45, 2.75) is 0 Å². The highest BCUT2D eigenvalue weighted by atomic mass is 16.6. The van der Waals surface area contributed by atoms with E-state index in [-0.39, 0.29) is 17.6 Å². The van der Waals surface area contributed by atoms with Crippen LogP contribution in [0.1, 0.15) is 0 Å². The van der Waals surface area contributed by atoms with E-state index in [1.165, 1.54) is 18.2 Å².